The fourth-order valence-electron chi connectivity index (χ4n) is 3.12. The molecule has 8 nitrogen and oxygen atoms in total. The van der Waals surface area contributed by atoms with Crippen molar-refractivity contribution in [3.05, 3.63) is 66.2 Å². The quantitative estimate of drug-likeness (QED) is 0.604. The largest absolute Gasteiger partial charge is 0.457 e. The summed E-state index contributed by atoms with van der Waals surface area (Å²) in [6.45, 7) is 0. The third-order valence-electron chi connectivity index (χ3n) is 4.56. The van der Waals surface area contributed by atoms with Crippen LogP contribution in [0.1, 0.15) is 17.7 Å². The van der Waals surface area contributed by atoms with Gasteiger partial charge < -0.3 is 15.4 Å². The summed E-state index contributed by atoms with van der Waals surface area (Å²) < 4.78 is 5.67. The summed E-state index contributed by atoms with van der Waals surface area (Å²) in [5.74, 6) is -0.0615. The number of carbonyl (C=O) groups excluding carboxylic acids is 2. The Labute approximate surface area is 161 Å². The minimum atomic E-state index is -0.696. The molecule has 0 spiro atoms. The van der Waals surface area contributed by atoms with Gasteiger partial charge in [-0.15, -0.1) is 0 Å². The smallest absolute Gasteiger partial charge is 0.313 e. The summed E-state index contributed by atoms with van der Waals surface area (Å²) in [5, 5.41) is 12.3. The van der Waals surface area contributed by atoms with Crippen molar-refractivity contribution in [2.45, 2.75) is 25.3 Å². The zero-order chi connectivity index (χ0) is 19.3. The molecule has 28 heavy (non-hydrogen) atoms. The van der Waals surface area contributed by atoms with E-state index in [1.54, 1.807) is 48.8 Å². The summed E-state index contributed by atoms with van der Waals surface area (Å²) in [4.78, 5) is 28.3. The summed E-state index contributed by atoms with van der Waals surface area (Å²) in [7, 11) is 0. The van der Waals surface area contributed by atoms with E-state index in [2.05, 4.69) is 25.8 Å². The van der Waals surface area contributed by atoms with Crippen LogP contribution in [0.4, 0.5) is 5.69 Å². The maximum Gasteiger partial charge on any atom is 0.313 e. The Morgan fingerprint density at radius 3 is 2.57 bits per heavy atom. The molecule has 1 atom stereocenters. The molecule has 0 bridgehead atoms. The standard InChI is InChI=1S/C20H19N5O3/c26-19(20(27)24-15-2-1-13-12-22-25-18(13)11-15)23-14-3-5-16(6-4-14)28-17-7-9-21-10-8-17/h3-10,12,15H,1-2,11H2,(H,22,25)(H,23,26)(H,24,27)/t15-/m0/s1. The SMILES string of the molecule is O=C(Nc1ccc(Oc2ccncc2)cc1)C(=O)N[C@H]1CCc2cn[nH]c2C1. The van der Waals surface area contributed by atoms with E-state index < -0.39 is 11.8 Å². The first-order valence-electron chi connectivity index (χ1n) is 8.98. The molecular weight excluding hydrogens is 358 g/mol. The Balaban J connectivity index is 1.30. The van der Waals surface area contributed by atoms with Crippen LogP contribution in [0, 0.1) is 0 Å². The van der Waals surface area contributed by atoms with Crippen LogP contribution in [-0.2, 0) is 22.4 Å². The van der Waals surface area contributed by atoms with Crippen LogP contribution < -0.4 is 15.4 Å². The molecule has 1 aliphatic rings. The van der Waals surface area contributed by atoms with Crippen molar-refractivity contribution in [3.8, 4) is 11.5 Å². The average molecular weight is 377 g/mol. The molecule has 2 heterocycles. The van der Waals surface area contributed by atoms with Crippen LogP contribution in [-0.4, -0.2) is 33.0 Å². The Morgan fingerprint density at radius 1 is 1.04 bits per heavy atom. The monoisotopic (exact) mass is 377 g/mol. The number of hydrogen-bond donors (Lipinski definition) is 3. The van der Waals surface area contributed by atoms with Crippen molar-refractivity contribution < 1.29 is 14.3 Å². The predicted molar refractivity (Wildman–Crippen MR) is 102 cm³/mol. The third kappa shape index (κ3) is 4.17. The van der Waals surface area contributed by atoms with Gasteiger partial charge in [0.1, 0.15) is 11.5 Å². The van der Waals surface area contributed by atoms with E-state index in [4.69, 9.17) is 4.74 Å². The van der Waals surface area contributed by atoms with Crippen molar-refractivity contribution in [1.82, 2.24) is 20.5 Å². The number of pyridine rings is 1. The lowest BCUT2D eigenvalue weighted by molar-refractivity contribution is -0.136. The van der Waals surface area contributed by atoms with Gasteiger partial charge >= 0.3 is 11.8 Å². The topological polar surface area (TPSA) is 109 Å². The van der Waals surface area contributed by atoms with E-state index in [-0.39, 0.29) is 6.04 Å². The highest BCUT2D eigenvalue weighted by Crippen LogP contribution is 2.22. The van der Waals surface area contributed by atoms with Gasteiger partial charge in [0, 0.05) is 36.2 Å². The van der Waals surface area contributed by atoms with Gasteiger partial charge in [-0.2, -0.15) is 5.10 Å². The van der Waals surface area contributed by atoms with E-state index in [1.807, 2.05) is 6.20 Å². The summed E-state index contributed by atoms with van der Waals surface area (Å²) in [6, 6.07) is 10.2. The number of aromatic nitrogens is 3. The molecule has 0 saturated carbocycles. The second kappa shape index (κ2) is 7.91. The highest BCUT2D eigenvalue weighted by atomic mass is 16.5. The molecule has 0 fully saturated rings. The molecule has 3 N–H and O–H groups in total. The summed E-state index contributed by atoms with van der Waals surface area (Å²) in [5.41, 5.74) is 2.70. The highest BCUT2D eigenvalue weighted by Gasteiger charge is 2.24. The molecule has 2 amide bonds. The van der Waals surface area contributed by atoms with Crippen LogP contribution in [0.3, 0.4) is 0 Å². The van der Waals surface area contributed by atoms with Crippen molar-refractivity contribution in [2.75, 3.05) is 5.32 Å². The fourth-order valence-corrected chi connectivity index (χ4v) is 3.12. The molecule has 1 aliphatic carbocycles. The maximum atomic E-state index is 12.2. The second-order valence-electron chi connectivity index (χ2n) is 6.55. The van der Waals surface area contributed by atoms with Crippen LogP contribution in [0.15, 0.2) is 55.0 Å². The van der Waals surface area contributed by atoms with Gasteiger partial charge in [-0.1, -0.05) is 0 Å². The molecule has 0 saturated heterocycles. The van der Waals surface area contributed by atoms with Gasteiger partial charge in [0.25, 0.3) is 0 Å². The lowest BCUT2D eigenvalue weighted by atomic mass is 9.94. The highest BCUT2D eigenvalue weighted by molar-refractivity contribution is 6.39. The van der Waals surface area contributed by atoms with Crippen LogP contribution in [0.5, 0.6) is 11.5 Å². The molecule has 1 aromatic carbocycles. The number of hydrogen-bond acceptors (Lipinski definition) is 5. The van der Waals surface area contributed by atoms with Gasteiger partial charge in [-0.25, -0.2) is 0 Å². The van der Waals surface area contributed by atoms with Crippen molar-refractivity contribution in [3.63, 3.8) is 0 Å². The lowest BCUT2D eigenvalue weighted by Crippen LogP contribution is -2.44. The third-order valence-corrected chi connectivity index (χ3v) is 4.56. The van der Waals surface area contributed by atoms with Crippen LogP contribution in [0.25, 0.3) is 0 Å². The molecule has 0 aliphatic heterocycles. The Kier molecular flexibility index (Phi) is 5.01. The molecule has 0 unspecified atom stereocenters. The van der Waals surface area contributed by atoms with Gasteiger partial charge in [-0.3, -0.25) is 19.7 Å². The number of H-pyrrole nitrogens is 1. The maximum absolute atomic E-state index is 12.2. The number of aryl methyl sites for hydroxylation is 1. The molecule has 0 radical (unpaired) electrons. The minimum Gasteiger partial charge on any atom is -0.457 e. The molecule has 4 rings (SSSR count). The first kappa shape index (κ1) is 17.7. The molecule has 3 aromatic rings. The number of amides is 2. The van der Waals surface area contributed by atoms with Crippen LogP contribution >= 0.6 is 0 Å². The van der Waals surface area contributed by atoms with E-state index in [1.165, 1.54) is 5.56 Å². The zero-order valence-corrected chi connectivity index (χ0v) is 15.0. The first-order chi connectivity index (χ1) is 13.7. The van der Waals surface area contributed by atoms with E-state index in [0.717, 1.165) is 18.5 Å². The second-order valence-corrected chi connectivity index (χ2v) is 6.55. The normalized spacial score (nSPS) is 15.4. The lowest BCUT2D eigenvalue weighted by Gasteiger charge is -2.22. The average Bonchev–Trinajstić information content (AvgIpc) is 3.18. The van der Waals surface area contributed by atoms with Crippen molar-refractivity contribution >= 4 is 17.5 Å². The number of rotatable bonds is 4. The number of anilines is 1. The van der Waals surface area contributed by atoms with Crippen molar-refractivity contribution in [1.29, 1.82) is 0 Å². The fraction of sp³-hybridized carbons (Fsp3) is 0.200. The van der Waals surface area contributed by atoms with E-state index in [9.17, 15) is 9.59 Å². The minimum absolute atomic E-state index is 0.0812. The van der Waals surface area contributed by atoms with Crippen molar-refractivity contribution in [2.24, 2.45) is 0 Å². The van der Waals surface area contributed by atoms with Crippen LogP contribution in [0.2, 0.25) is 0 Å². The number of aromatic amines is 1. The van der Waals surface area contributed by atoms with Gasteiger partial charge in [-0.05, 0) is 54.8 Å². The Bertz CT molecular complexity index is 969. The molecule has 142 valence electrons. The Hall–Kier alpha value is -3.68. The molecular formula is C20H19N5O3. The first-order valence-corrected chi connectivity index (χ1v) is 8.98. The number of fused-ring (bicyclic) bond motifs is 1. The van der Waals surface area contributed by atoms with Gasteiger partial charge in [0.05, 0.1) is 6.20 Å². The van der Waals surface area contributed by atoms with E-state index >= 15 is 0 Å². The predicted octanol–water partition coefficient (Wildman–Crippen LogP) is 2.21. The number of nitrogens with zero attached hydrogens (tertiary/aromatic N) is 2. The molecule has 8 heteroatoms. The Morgan fingerprint density at radius 2 is 1.79 bits per heavy atom. The number of nitrogens with one attached hydrogen (secondary N) is 3. The van der Waals surface area contributed by atoms with E-state index in [0.29, 0.717) is 23.6 Å². The van der Waals surface area contributed by atoms with Gasteiger partial charge in [0.2, 0.25) is 0 Å². The summed E-state index contributed by atoms with van der Waals surface area (Å²) in [6.07, 6.45) is 7.35. The molecule has 2 aromatic heterocycles. The summed E-state index contributed by atoms with van der Waals surface area (Å²) >= 11 is 0. The zero-order valence-electron chi connectivity index (χ0n) is 15.0. The number of ether oxygens (including phenoxy) is 1. The number of benzene rings is 1. The van der Waals surface area contributed by atoms with Gasteiger partial charge in [0.15, 0.2) is 0 Å². The number of carbonyl (C=O) groups is 2.